The fraction of sp³-hybridized carbons (Fsp3) is 0.0909. The van der Waals surface area contributed by atoms with E-state index in [2.05, 4.69) is 25.8 Å². The first-order valence-electron chi connectivity index (χ1n) is 9.33. The Morgan fingerprint density at radius 2 is 2.07 bits per heavy atom. The number of thiophene rings is 1. The van der Waals surface area contributed by atoms with Crippen LogP contribution in [-0.4, -0.2) is 34.0 Å². The van der Waals surface area contributed by atoms with Gasteiger partial charge in [0.2, 0.25) is 0 Å². The van der Waals surface area contributed by atoms with Crippen LogP contribution in [0, 0.1) is 0 Å². The highest BCUT2D eigenvalue weighted by Gasteiger charge is 2.23. The maximum Gasteiger partial charge on any atom is 0.262 e. The highest BCUT2D eigenvalue weighted by atomic mass is 32.1. The van der Waals surface area contributed by atoms with Crippen LogP contribution >= 0.6 is 11.3 Å². The van der Waals surface area contributed by atoms with Crippen molar-refractivity contribution in [3.05, 3.63) is 88.5 Å². The highest BCUT2D eigenvalue weighted by molar-refractivity contribution is 7.12. The summed E-state index contributed by atoms with van der Waals surface area (Å²) in [7, 11) is 0. The highest BCUT2D eigenvalue weighted by Crippen LogP contribution is 2.19. The lowest BCUT2D eigenvalue weighted by Crippen LogP contribution is -2.46. The zero-order valence-corrected chi connectivity index (χ0v) is 16.7. The summed E-state index contributed by atoms with van der Waals surface area (Å²) in [4.78, 5) is 33.2. The molecule has 4 rings (SSSR count). The number of hydrogen-bond acceptors (Lipinski definition) is 5. The van der Waals surface area contributed by atoms with Crippen LogP contribution in [0.3, 0.4) is 0 Å². The summed E-state index contributed by atoms with van der Waals surface area (Å²) in [5.41, 5.74) is 5.20. The number of rotatable bonds is 7. The van der Waals surface area contributed by atoms with Gasteiger partial charge in [-0.2, -0.15) is 5.10 Å². The third-order valence-corrected chi connectivity index (χ3v) is 5.41. The molecule has 0 fully saturated rings. The van der Waals surface area contributed by atoms with Crippen LogP contribution in [0.5, 0.6) is 0 Å². The molecule has 3 aromatic heterocycles. The molecule has 1 atom stereocenters. The fourth-order valence-electron chi connectivity index (χ4n) is 3.07. The Hall–Kier alpha value is -3.78. The number of fused-ring (bicyclic) bond motifs is 1. The summed E-state index contributed by atoms with van der Waals surface area (Å²) < 4.78 is 0. The summed E-state index contributed by atoms with van der Waals surface area (Å²) in [5, 5.41) is 9.67. The van der Waals surface area contributed by atoms with Gasteiger partial charge in [0.25, 0.3) is 11.8 Å². The number of nitrogens with one attached hydrogen (secondary N) is 3. The van der Waals surface area contributed by atoms with Gasteiger partial charge in [-0.25, -0.2) is 5.43 Å². The topological polar surface area (TPSA) is 99.2 Å². The predicted molar refractivity (Wildman–Crippen MR) is 118 cm³/mol. The SMILES string of the molecule is O=C(NC(Cc1c[nH]c2ccccc12)C(=O)N/N=C/c1cccnc1)c1cccs1. The number of pyridine rings is 1. The number of hydrazone groups is 1. The minimum Gasteiger partial charge on any atom is -0.361 e. The maximum atomic E-state index is 12.8. The van der Waals surface area contributed by atoms with Crippen molar-refractivity contribution in [2.75, 3.05) is 0 Å². The molecule has 0 aliphatic rings. The van der Waals surface area contributed by atoms with Crippen LogP contribution in [-0.2, 0) is 11.2 Å². The van der Waals surface area contributed by atoms with E-state index in [1.807, 2.05) is 41.9 Å². The third-order valence-electron chi connectivity index (χ3n) is 4.54. The van der Waals surface area contributed by atoms with Crippen LogP contribution in [0.15, 0.2) is 77.6 Å². The number of para-hydroxylation sites is 1. The van der Waals surface area contributed by atoms with Crippen molar-refractivity contribution < 1.29 is 9.59 Å². The first kappa shape index (κ1) is 19.5. The van der Waals surface area contributed by atoms with E-state index in [4.69, 9.17) is 0 Å². The number of H-pyrrole nitrogens is 1. The number of aromatic nitrogens is 2. The molecular formula is C22H19N5O2S. The minimum absolute atomic E-state index is 0.291. The number of nitrogens with zero attached hydrogens (tertiary/aromatic N) is 2. The molecule has 0 aliphatic carbocycles. The lowest BCUT2D eigenvalue weighted by atomic mass is 10.0. The average Bonchev–Trinajstić information content (AvgIpc) is 3.45. The first-order valence-corrected chi connectivity index (χ1v) is 10.2. The van der Waals surface area contributed by atoms with E-state index in [0.29, 0.717) is 11.3 Å². The number of amides is 2. The first-order chi connectivity index (χ1) is 14.7. The molecule has 0 aliphatic heterocycles. The van der Waals surface area contributed by atoms with Crippen LogP contribution in [0.4, 0.5) is 0 Å². The summed E-state index contributed by atoms with van der Waals surface area (Å²) in [6.07, 6.45) is 7.00. The fourth-order valence-corrected chi connectivity index (χ4v) is 3.69. The summed E-state index contributed by atoms with van der Waals surface area (Å²) >= 11 is 1.32. The van der Waals surface area contributed by atoms with Gasteiger partial charge in [0, 0.05) is 41.5 Å². The standard InChI is InChI=1S/C22H19N5O2S/c28-21(27-25-13-15-5-3-9-23-12-15)19(26-22(29)20-8-4-10-30-20)11-16-14-24-18-7-2-1-6-17(16)18/h1-10,12-14,19,24H,11H2,(H,26,29)(H,27,28)/b25-13+. The Labute approximate surface area is 176 Å². The van der Waals surface area contributed by atoms with Crippen molar-refractivity contribution in [3.8, 4) is 0 Å². The minimum atomic E-state index is -0.787. The van der Waals surface area contributed by atoms with Crippen molar-refractivity contribution >= 4 is 40.3 Å². The molecule has 4 aromatic rings. The Balaban J connectivity index is 1.52. The second-order valence-corrected chi connectivity index (χ2v) is 7.54. The van der Waals surface area contributed by atoms with Crippen LogP contribution in [0.1, 0.15) is 20.8 Å². The van der Waals surface area contributed by atoms with Crippen molar-refractivity contribution in [2.45, 2.75) is 12.5 Å². The van der Waals surface area contributed by atoms with Gasteiger partial charge in [-0.15, -0.1) is 11.3 Å². The Morgan fingerprint density at radius 3 is 2.87 bits per heavy atom. The average molecular weight is 417 g/mol. The van der Waals surface area contributed by atoms with Gasteiger partial charge < -0.3 is 10.3 Å². The largest absolute Gasteiger partial charge is 0.361 e. The van der Waals surface area contributed by atoms with Crippen LogP contribution in [0.25, 0.3) is 10.9 Å². The Bertz CT molecular complexity index is 1170. The molecule has 0 bridgehead atoms. The second kappa shape index (κ2) is 9.15. The van der Waals surface area contributed by atoms with E-state index < -0.39 is 11.9 Å². The van der Waals surface area contributed by atoms with Gasteiger partial charge in [-0.05, 0) is 29.1 Å². The van der Waals surface area contributed by atoms with Crippen LogP contribution < -0.4 is 10.7 Å². The molecular weight excluding hydrogens is 398 g/mol. The molecule has 0 saturated carbocycles. The van der Waals surface area contributed by atoms with E-state index in [-0.39, 0.29) is 5.91 Å². The van der Waals surface area contributed by atoms with E-state index in [9.17, 15) is 9.59 Å². The van der Waals surface area contributed by atoms with Crippen molar-refractivity contribution in [2.24, 2.45) is 5.10 Å². The predicted octanol–water partition coefficient (Wildman–Crippen LogP) is 3.12. The lowest BCUT2D eigenvalue weighted by molar-refractivity contribution is -0.122. The van der Waals surface area contributed by atoms with Gasteiger partial charge in [0.05, 0.1) is 11.1 Å². The molecule has 30 heavy (non-hydrogen) atoms. The number of carbonyl (C=O) groups is 2. The number of aromatic amines is 1. The molecule has 1 unspecified atom stereocenters. The number of benzene rings is 1. The zero-order valence-electron chi connectivity index (χ0n) is 15.9. The third kappa shape index (κ3) is 4.61. The van der Waals surface area contributed by atoms with Gasteiger partial charge in [-0.3, -0.25) is 14.6 Å². The monoisotopic (exact) mass is 417 g/mol. The quantitative estimate of drug-likeness (QED) is 0.318. The Morgan fingerprint density at radius 1 is 1.17 bits per heavy atom. The zero-order chi connectivity index (χ0) is 20.8. The van der Waals surface area contributed by atoms with E-state index in [1.165, 1.54) is 17.6 Å². The van der Waals surface area contributed by atoms with Gasteiger partial charge in [-0.1, -0.05) is 30.3 Å². The molecule has 150 valence electrons. The Kier molecular flexibility index (Phi) is 5.95. The number of hydrogen-bond donors (Lipinski definition) is 3. The molecule has 7 nitrogen and oxygen atoms in total. The summed E-state index contributed by atoms with van der Waals surface area (Å²) in [5.74, 6) is -0.688. The van der Waals surface area contributed by atoms with Crippen molar-refractivity contribution in [1.82, 2.24) is 20.7 Å². The summed E-state index contributed by atoms with van der Waals surface area (Å²) in [6.45, 7) is 0. The summed E-state index contributed by atoms with van der Waals surface area (Å²) in [6, 6.07) is 14.2. The van der Waals surface area contributed by atoms with E-state index in [0.717, 1.165) is 22.0 Å². The van der Waals surface area contributed by atoms with Gasteiger partial charge in [0.1, 0.15) is 6.04 Å². The molecule has 3 heterocycles. The molecule has 3 N–H and O–H groups in total. The van der Waals surface area contributed by atoms with Gasteiger partial charge >= 0.3 is 0 Å². The van der Waals surface area contributed by atoms with Gasteiger partial charge in [0.15, 0.2) is 0 Å². The van der Waals surface area contributed by atoms with Crippen LogP contribution in [0.2, 0.25) is 0 Å². The molecule has 0 radical (unpaired) electrons. The molecule has 8 heteroatoms. The van der Waals surface area contributed by atoms with E-state index >= 15 is 0 Å². The molecule has 2 amide bonds. The second-order valence-electron chi connectivity index (χ2n) is 6.59. The molecule has 0 saturated heterocycles. The number of carbonyl (C=O) groups excluding carboxylic acids is 2. The normalized spacial score (nSPS) is 12.1. The smallest absolute Gasteiger partial charge is 0.262 e. The van der Waals surface area contributed by atoms with E-state index in [1.54, 1.807) is 30.6 Å². The van der Waals surface area contributed by atoms with Crippen molar-refractivity contribution in [1.29, 1.82) is 0 Å². The van der Waals surface area contributed by atoms with Crippen molar-refractivity contribution in [3.63, 3.8) is 0 Å². The molecule has 1 aromatic carbocycles. The lowest BCUT2D eigenvalue weighted by Gasteiger charge is -2.16. The maximum absolute atomic E-state index is 12.8. The molecule has 0 spiro atoms.